The molecular formula is C28H30N4O4S2. The van der Waals surface area contributed by atoms with Crippen LogP contribution in [0.3, 0.4) is 0 Å². The molecular weight excluding hydrogens is 520 g/mol. The molecule has 0 aliphatic carbocycles. The number of carbonyl (C=O) groups is 2. The molecule has 10 heteroatoms. The number of carbonyl (C=O) groups excluding carboxylic acids is 2. The van der Waals surface area contributed by atoms with E-state index in [1.807, 2.05) is 37.3 Å². The van der Waals surface area contributed by atoms with Crippen LogP contribution in [-0.2, 0) is 27.4 Å². The topological polar surface area (TPSA) is 95.6 Å². The Hall–Kier alpha value is -3.42. The predicted octanol–water partition coefficient (Wildman–Crippen LogP) is 4.23. The monoisotopic (exact) mass is 550 g/mol. The van der Waals surface area contributed by atoms with Gasteiger partial charge in [-0.2, -0.15) is 5.26 Å². The second-order valence-electron chi connectivity index (χ2n) is 9.17. The lowest BCUT2D eigenvalue weighted by atomic mass is 9.95. The first-order valence-electron chi connectivity index (χ1n) is 12.7. The number of ether oxygens (including phenoxy) is 1. The van der Waals surface area contributed by atoms with Gasteiger partial charge in [-0.25, -0.2) is 0 Å². The minimum absolute atomic E-state index is 0.0584. The number of anilines is 1. The lowest BCUT2D eigenvalue weighted by Gasteiger charge is -2.35. The van der Waals surface area contributed by atoms with Gasteiger partial charge >= 0.3 is 5.97 Å². The van der Waals surface area contributed by atoms with E-state index in [-0.39, 0.29) is 28.9 Å². The van der Waals surface area contributed by atoms with Crippen molar-refractivity contribution < 1.29 is 14.3 Å². The van der Waals surface area contributed by atoms with Crippen LogP contribution in [0.4, 0.5) is 5.82 Å². The van der Waals surface area contributed by atoms with Crippen LogP contribution < -0.4 is 10.5 Å². The van der Waals surface area contributed by atoms with E-state index >= 15 is 0 Å². The standard InChI is InChI=1S/C28H30N4O4S2/c1-4-31-24(30-13-11-20(12-14-30)27(35)36-5-2)21(18(3)22(16-29)25(31)33)15-23-26(34)32(28(37)38-23)17-19-9-7-6-8-10-19/h6-10,15,20H,4-5,11-14,17H2,1-3H3/b23-15+. The van der Waals surface area contributed by atoms with Gasteiger partial charge in [0.1, 0.15) is 21.8 Å². The molecule has 3 heterocycles. The number of nitrogens with zero attached hydrogens (tertiary/aromatic N) is 4. The molecule has 0 radical (unpaired) electrons. The average molecular weight is 551 g/mol. The number of pyridine rings is 1. The summed E-state index contributed by atoms with van der Waals surface area (Å²) in [6, 6.07) is 11.7. The summed E-state index contributed by atoms with van der Waals surface area (Å²) in [5.74, 6) is 0.0659. The zero-order chi connectivity index (χ0) is 27.4. The Labute approximate surface area is 231 Å². The molecule has 0 atom stereocenters. The maximum atomic E-state index is 13.4. The molecule has 0 saturated carbocycles. The van der Waals surface area contributed by atoms with Crippen molar-refractivity contribution in [3.63, 3.8) is 0 Å². The molecule has 2 saturated heterocycles. The fourth-order valence-corrected chi connectivity index (χ4v) is 6.14. The first-order chi connectivity index (χ1) is 18.3. The van der Waals surface area contributed by atoms with E-state index in [1.165, 1.54) is 11.8 Å². The van der Waals surface area contributed by atoms with Crippen LogP contribution in [0, 0.1) is 24.2 Å². The summed E-state index contributed by atoms with van der Waals surface area (Å²) in [5.41, 5.74) is 1.85. The van der Waals surface area contributed by atoms with Gasteiger partial charge in [-0.05, 0) is 50.8 Å². The summed E-state index contributed by atoms with van der Waals surface area (Å²) in [5, 5.41) is 9.80. The van der Waals surface area contributed by atoms with Gasteiger partial charge in [-0.3, -0.25) is 23.9 Å². The van der Waals surface area contributed by atoms with Crippen molar-refractivity contribution in [2.24, 2.45) is 5.92 Å². The summed E-state index contributed by atoms with van der Waals surface area (Å²) in [6.07, 6.45) is 2.95. The van der Waals surface area contributed by atoms with Crippen molar-refractivity contribution in [3.05, 3.63) is 67.8 Å². The number of thioether (sulfide) groups is 1. The number of rotatable bonds is 7. The van der Waals surface area contributed by atoms with Gasteiger partial charge in [0, 0.05) is 25.2 Å². The summed E-state index contributed by atoms with van der Waals surface area (Å²) in [7, 11) is 0. The van der Waals surface area contributed by atoms with Crippen molar-refractivity contribution in [3.8, 4) is 6.07 Å². The van der Waals surface area contributed by atoms with E-state index in [0.717, 1.165) is 5.56 Å². The molecule has 1 amide bonds. The van der Waals surface area contributed by atoms with Gasteiger partial charge in [0.2, 0.25) is 0 Å². The summed E-state index contributed by atoms with van der Waals surface area (Å²) < 4.78 is 7.26. The largest absolute Gasteiger partial charge is 0.466 e. The molecule has 2 aliphatic heterocycles. The highest BCUT2D eigenvalue weighted by molar-refractivity contribution is 8.26. The fourth-order valence-electron chi connectivity index (χ4n) is 4.90. The highest BCUT2D eigenvalue weighted by atomic mass is 32.2. The Kier molecular flexibility index (Phi) is 8.69. The Morgan fingerprint density at radius 2 is 1.89 bits per heavy atom. The molecule has 1 aromatic heterocycles. The molecule has 2 fully saturated rings. The van der Waals surface area contributed by atoms with Crippen LogP contribution in [0.1, 0.15) is 48.9 Å². The van der Waals surface area contributed by atoms with E-state index in [1.54, 1.807) is 29.4 Å². The van der Waals surface area contributed by atoms with E-state index in [9.17, 15) is 19.6 Å². The highest BCUT2D eigenvalue weighted by Gasteiger charge is 2.34. The van der Waals surface area contributed by atoms with Gasteiger partial charge in [0.15, 0.2) is 0 Å². The van der Waals surface area contributed by atoms with Crippen molar-refractivity contribution in [2.75, 3.05) is 24.6 Å². The lowest BCUT2D eigenvalue weighted by molar-refractivity contribution is -0.148. The molecule has 198 valence electrons. The van der Waals surface area contributed by atoms with Crippen molar-refractivity contribution in [1.82, 2.24) is 9.47 Å². The van der Waals surface area contributed by atoms with Crippen LogP contribution in [-0.4, -0.2) is 45.4 Å². The molecule has 4 rings (SSSR count). The van der Waals surface area contributed by atoms with Crippen molar-refractivity contribution in [2.45, 2.75) is 46.7 Å². The predicted molar refractivity (Wildman–Crippen MR) is 153 cm³/mol. The quantitative estimate of drug-likeness (QED) is 0.287. The number of amides is 1. The first-order valence-corrected chi connectivity index (χ1v) is 13.9. The highest BCUT2D eigenvalue weighted by Crippen LogP contribution is 2.37. The van der Waals surface area contributed by atoms with Crippen molar-refractivity contribution in [1.29, 1.82) is 5.26 Å². The third-order valence-corrected chi connectivity index (χ3v) is 8.29. The van der Waals surface area contributed by atoms with Crippen LogP contribution >= 0.6 is 24.0 Å². The minimum Gasteiger partial charge on any atom is -0.466 e. The van der Waals surface area contributed by atoms with E-state index in [4.69, 9.17) is 17.0 Å². The zero-order valence-corrected chi connectivity index (χ0v) is 23.4. The van der Waals surface area contributed by atoms with E-state index in [0.29, 0.717) is 71.8 Å². The summed E-state index contributed by atoms with van der Waals surface area (Å²) in [6.45, 7) is 7.55. The molecule has 2 aliphatic rings. The van der Waals surface area contributed by atoms with Gasteiger partial charge in [-0.15, -0.1) is 0 Å². The van der Waals surface area contributed by atoms with Crippen LogP contribution in [0.25, 0.3) is 6.08 Å². The van der Waals surface area contributed by atoms with Gasteiger partial charge in [-0.1, -0.05) is 54.3 Å². The summed E-state index contributed by atoms with van der Waals surface area (Å²) >= 11 is 6.76. The summed E-state index contributed by atoms with van der Waals surface area (Å²) in [4.78, 5) is 43.1. The number of aromatic nitrogens is 1. The number of esters is 1. The molecule has 8 nitrogen and oxygen atoms in total. The smallest absolute Gasteiger partial charge is 0.309 e. The Morgan fingerprint density at radius 3 is 2.50 bits per heavy atom. The Morgan fingerprint density at radius 1 is 1.21 bits per heavy atom. The third-order valence-electron chi connectivity index (χ3n) is 6.91. The normalized spacial score (nSPS) is 17.3. The Bertz CT molecular complexity index is 1390. The molecule has 0 spiro atoms. The van der Waals surface area contributed by atoms with Gasteiger partial charge < -0.3 is 9.64 Å². The van der Waals surface area contributed by atoms with Gasteiger partial charge in [0.05, 0.1) is 24.0 Å². The van der Waals surface area contributed by atoms with Crippen LogP contribution in [0.5, 0.6) is 0 Å². The molecule has 0 N–H and O–H groups in total. The second kappa shape index (κ2) is 12.0. The third kappa shape index (κ3) is 5.40. The number of thiocarbonyl (C=S) groups is 1. The van der Waals surface area contributed by atoms with Crippen molar-refractivity contribution >= 4 is 52.1 Å². The van der Waals surface area contributed by atoms with Crippen LogP contribution in [0.15, 0.2) is 40.0 Å². The molecule has 38 heavy (non-hydrogen) atoms. The SMILES string of the molecule is CCOC(=O)C1CCN(c2c(/C=C3/SC(=S)N(Cc4ccccc4)C3=O)c(C)c(C#N)c(=O)n2CC)CC1. The second-order valence-corrected chi connectivity index (χ2v) is 10.8. The Balaban J connectivity index is 1.74. The maximum Gasteiger partial charge on any atom is 0.309 e. The maximum absolute atomic E-state index is 13.4. The molecule has 0 bridgehead atoms. The number of benzene rings is 1. The molecule has 1 aromatic carbocycles. The van der Waals surface area contributed by atoms with E-state index < -0.39 is 0 Å². The number of hydrogen-bond acceptors (Lipinski definition) is 8. The number of hydrogen-bond donors (Lipinski definition) is 0. The lowest BCUT2D eigenvalue weighted by Crippen LogP contribution is -2.41. The molecule has 2 aromatic rings. The average Bonchev–Trinajstić information content (AvgIpc) is 3.18. The number of piperidine rings is 1. The first kappa shape index (κ1) is 27.6. The minimum atomic E-state index is -0.358. The number of nitriles is 1. The molecule has 0 unspecified atom stereocenters. The van der Waals surface area contributed by atoms with E-state index in [2.05, 4.69) is 11.0 Å². The van der Waals surface area contributed by atoms with Gasteiger partial charge in [0.25, 0.3) is 11.5 Å². The van der Waals surface area contributed by atoms with Crippen LogP contribution in [0.2, 0.25) is 0 Å². The zero-order valence-electron chi connectivity index (χ0n) is 21.7. The fraction of sp³-hybridized carbons (Fsp3) is 0.393.